The predicted octanol–water partition coefficient (Wildman–Crippen LogP) is 3.17. The molecule has 2 nitrogen and oxygen atoms in total. The molecule has 0 radical (unpaired) electrons. The molecule has 0 saturated heterocycles. The van der Waals surface area contributed by atoms with Gasteiger partial charge in [-0.15, -0.1) is 0 Å². The highest BCUT2D eigenvalue weighted by molar-refractivity contribution is 9.09. The molecule has 2 atom stereocenters. The van der Waals surface area contributed by atoms with E-state index in [4.69, 9.17) is 9.47 Å². The summed E-state index contributed by atoms with van der Waals surface area (Å²) in [5.74, 6) is 0. The van der Waals surface area contributed by atoms with Gasteiger partial charge in [-0.1, -0.05) is 46.3 Å². The lowest BCUT2D eigenvalue weighted by Crippen LogP contribution is -2.19. The Morgan fingerprint density at radius 1 is 1.27 bits per heavy atom. The number of hydrogen-bond acceptors (Lipinski definition) is 2. The van der Waals surface area contributed by atoms with Gasteiger partial charge >= 0.3 is 0 Å². The van der Waals surface area contributed by atoms with Crippen LogP contribution in [0.25, 0.3) is 0 Å². The van der Waals surface area contributed by atoms with Gasteiger partial charge in [-0.2, -0.15) is 0 Å². The highest BCUT2D eigenvalue weighted by atomic mass is 79.9. The van der Waals surface area contributed by atoms with Crippen molar-refractivity contribution in [2.24, 2.45) is 0 Å². The topological polar surface area (TPSA) is 18.5 Å². The molecule has 1 aromatic rings. The SMILES string of the molecule is COCC(C)OC(CBr)c1ccccc1. The van der Waals surface area contributed by atoms with Gasteiger partial charge in [0, 0.05) is 12.4 Å². The molecule has 0 saturated carbocycles. The number of methoxy groups -OCH3 is 1. The van der Waals surface area contributed by atoms with E-state index in [1.54, 1.807) is 7.11 Å². The summed E-state index contributed by atoms with van der Waals surface area (Å²) in [6.07, 6.45) is 0.203. The second kappa shape index (κ2) is 6.99. The van der Waals surface area contributed by atoms with Crippen LogP contribution in [-0.4, -0.2) is 25.2 Å². The normalized spacial score (nSPS) is 14.9. The Labute approximate surface area is 99.7 Å². The molecule has 3 heteroatoms. The Kier molecular flexibility index (Phi) is 5.91. The second-order valence-electron chi connectivity index (χ2n) is 3.46. The van der Waals surface area contributed by atoms with Gasteiger partial charge < -0.3 is 9.47 Å². The minimum Gasteiger partial charge on any atom is -0.382 e. The van der Waals surface area contributed by atoms with Crippen LogP contribution in [0, 0.1) is 0 Å². The van der Waals surface area contributed by atoms with Gasteiger partial charge in [0.2, 0.25) is 0 Å². The summed E-state index contributed by atoms with van der Waals surface area (Å²) in [5, 5.41) is 0.797. The number of halogens is 1. The van der Waals surface area contributed by atoms with Crippen molar-refractivity contribution in [3.8, 4) is 0 Å². The Balaban J connectivity index is 2.56. The van der Waals surface area contributed by atoms with Crippen molar-refractivity contribution in [3.05, 3.63) is 35.9 Å². The fourth-order valence-electron chi connectivity index (χ4n) is 1.43. The zero-order valence-electron chi connectivity index (χ0n) is 9.15. The largest absolute Gasteiger partial charge is 0.382 e. The number of alkyl halides is 1. The van der Waals surface area contributed by atoms with E-state index in [9.17, 15) is 0 Å². The number of hydrogen-bond donors (Lipinski definition) is 0. The monoisotopic (exact) mass is 272 g/mol. The summed E-state index contributed by atoms with van der Waals surface area (Å²) in [6, 6.07) is 10.2. The third-order valence-corrected chi connectivity index (χ3v) is 2.70. The number of ether oxygens (including phenoxy) is 2. The first-order chi connectivity index (χ1) is 7.27. The lowest BCUT2D eigenvalue weighted by Gasteiger charge is -2.20. The van der Waals surface area contributed by atoms with Gasteiger partial charge in [-0.05, 0) is 12.5 Å². The Bertz CT molecular complexity index is 264. The summed E-state index contributed by atoms with van der Waals surface area (Å²) < 4.78 is 10.9. The molecule has 1 aromatic carbocycles. The first-order valence-electron chi connectivity index (χ1n) is 5.03. The highest BCUT2D eigenvalue weighted by Gasteiger charge is 2.13. The standard InChI is InChI=1S/C12H17BrO2/c1-10(9-14-2)15-12(8-13)11-6-4-3-5-7-11/h3-7,10,12H,8-9H2,1-2H3. The molecule has 0 aliphatic heterocycles. The van der Waals surface area contributed by atoms with E-state index in [0.29, 0.717) is 6.61 Å². The maximum atomic E-state index is 5.85. The van der Waals surface area contributed by atoms with E-state index < -0.39 is 0 Å². The molecule has 0 aliphatic carbocycles. The maximum absolute atomic E-state index is 5.85. The number of rotatable bonds is 6. The lowest BCUT2D eigenvalue weighted by molar-refractivity contribution is -0.0298. The zero-order chi connectivity index (χ0) is 11.1. The van der Waals surface area contributed by atoms with Crippen molar-refractivity contribution in [2.75, 3.05) is 19.0 Å². The van der Waals surface area contributed by atoms with Gasteiger partial charge in [0.05, 0.1) is 18.8 Å². The van der Waals surface area contributed by atoms with Crippen molar-refractivity contribution < 1.29 is 9.47 Å². The summed E-state index contributed by atoms with van der Waals surface area (Å²) in [7, 11) is 1.69. The van der Waals surface area contributed by atoms with Crippen LogP contribution >= 0.6 is 15.9 Å². The average molecular weight is 273 g/mol. The van der Waals surface area contributed by atoms with Gasteiger partial charge in [-0.3, -0.25) is 0 Å². The molecule has 0 amide bonds. The first-order valence-corrected chi connectivity index (χ1v) is 6.15. The van der Waals surface area contributed by atoms with Crippen molar-refractivity contribution in [1.29, 1.82) is 0 Å². The highest BCUT2D eigenvalue weighted by Crippen LogP contribution is 2.21. The summed E-state index contributed by atoms with van der Waals surface area (Å²) in [4.78, 5) is 0. The van der Waals surface area contributed by atoms with Crippen LogP contribution in [-0.2, 0) is 9.47 Å². The zero-order valence-corrected chi connectivity index (χ0v) is 10.7. The van der Waals surface area contributed by atoms with E-state index in [1.165, 1.54) is 5.56 Å². The minimum atomic E-state index is 0.0938. The second-order valence-corrected chi connectivity index (χ2v) is 4.10. The Morgan fingerprint density at radius 3 is 2.47 bits per heavy atom. The van der Waals surface area contributed by atoms with Crippen LogP contribution in [0.4, 0.5) is 0 Å². The van der Waals surface area contributed by atoms with Crippen LogP contribution in [0.2, 0.25) is 0 Å². The molecule has 2 unspecified atom stereocenters. The van der Waals surface area contributed by atoms with Crippen LogP contribution in [0.1, 0.15) is 18.6 Å². The molecule has 0 N–H and O–H groups in total. The van der Waals surface area contributed by atoms with Crippen LogP contribution in [0.15, 0.2) is 30.3 Å². The third kappa shape index (κ3) is 4.33. The maximum Gasteiger partial charge on any atom is 0.0926 e. The van der Waals surface area contributed by atoms with E-state index in [2.05, 4.69) is 28.1 Å². The van der Waals surface area contributed by atoms with Crippen LogP contribution in [0.5, 0.6) is 0 Å². The summed E-state index contributed by atoms with van der Waals surface area (Å²) >= 11 is 3.47. The van der Waals surface area contributed by atoms with Gasteiger partial charge in [0.25, 0.3) is 0 Å². The Morgan fingerprint density at radius 2 is 1.93 bits per heavy atom. The molecule has 0 aromatic heterocycles. The van der Waals surface area contributed by atoms with Crippen molar-refractivity contribution >= 4 is 15.9 Å². The molecule has 0 spiro atoms. The first kappa shape index (κ1) is 12.7. The van der Waals surface area contributed by atoms with Crippen LogP contribution in [0.3, 0.4) is 0 Å². The smallest absolute Gasteiger partial charge is 0.0926 e. The average Bonchev–Trinajstić information content (AvgIpc) is 2.27. The molecule has 0 aliphatic rings. The lowest BCUT2D eigenvalue weighted by atomic mass is 10.1. The van der Waals surface area contributed by atoms with E-state index in [1.807, 2.05) is 25.1 Å². The van der Waals surface area contributed by atoms with Crippen molar-refractivity contribution in [1.82, 2.24) is 0 Å². The predicted molar refractivity (Wildman–Crippen MR) is 65.4 cm³/mol. The van der Waals surface area contributed by atoms with Crippen LogP contribution < -0.4 is 0 Å². The molecule has 15 heavy (non-hydrogen) atoms. The van der Waals surface area contributed by atoms with Gasteiger partial charge in [0.1, 0.15) is 0 Å². The molecule has 0 bridgehead atoms. The van der Waals surface area contributed by atoms with E-state index in [0.717, 1.165) is 5.33 Å². The molecular formula is C12H17BrO2. The fourth-order valence-corrected chi connectivity index (χ4v) is 1.95. The van der Waals surface area contributed by atoms with Gasteiger partial charge in [-0.25, -0.2) is 0 Å². The summed E-state index contributed by atoms with van der Waals surface area (Å²) in [6.45, 7) is 2.64. The number of benzene rings is 1. The fraction of sp³-hybridized carbons (Fsp3) is 0.500. The minimum absolute atomic E-state index is 0.0938. The van der Waals surface area contributed by atoms with Crippen molar-refractivity contribution in [2.45, 2.75) is 19.1 Å². The Hall–Kier alpha value is -0.380. The van der Waals surface area contributed by atoms with Crippen molar-refractivity contribution in [3.63, 3.8) is 0 Å². The quantitative estimate of drug-likeness (QED) is 0.741. The summed E-state index contributed by atoms with van der Waals surface area (Å²) in [5.41, 5.74) is 1.19. The van der Waals surface area contributed by atoms with E-state index in [-0.39, 0.29) is 12.2 Å². The van der Waals surface area contributed by atoms with Gasteiger partial charge in [0.15, 0.2) is 0 Å². The molecule has 0 fully saturated rings. The third-order valence-electron chi connectivity index (χ3n) is 2.11. The molecule has 84 valence electrons. The van der Waals surface area contributed by atoms with E-state index >= 15 is 0 Å². The molecular weight excluding hydrogens is 256 g/mol. The molecule has 0 heterocycles. The molecule has 1 rings (SSSR count).